The number of nitrogens with two attached hydrogens (primary N) is 1. The van der Waals surface area contributed by atoms with Gasteiger partial charge in [-0.05, 0) is 25.5 Å². The maximum atomic E-state index is 11.7. The molecule has 0 radical (unpaired) electrons. The van der Waals surface area contributed by atoms with E-state index >= 15 is 0 Å². The standard InChI is InChI=1S/C13H20N4O/c1-3-4-11(12(14)15)17-13(18)16-10-7-5-9(2)6-8-10/h5-8,11H,3-4H2,1-2H3,(H3,14,15)(H2,16,17,18). The van der Waals surface area contributed by atoms with Crippen LogP contribution in [0.5, 0.6) is 0 Å². The molecule has 1 aromatic carbocycles. The predicted octanol–water partition coefficient (Wildman–Crippen LogP) is 2.22. The van der Waals surface area contributed by atoms with Crippen LogP contribution in [0.25, 0.3) is 0 Å². The zero-order chi connectivity index (χ0) is 13.5. The summed E-state index contributed by atoms with van der Waals surface area (Å²) in [6.07, 6.45) is 1.52. The Kier molecular flexibility index (Phi) is 5.17. The Labute approximate surface area is 107 Å². The minimum Gasteiger partial charge on any atom is -0.386 e. The third kappa shape index (κ3) is 4.45. The Morgan fingerprint density at radius 1 is 1.39 bits per heavy atom. The molecule has 0 aliphatic rings. The molecule has 0 bridgehead atoms. The largest absolute Gasteiger partial charge is 0.386 e. The number of carbonyl (C=O) groups excluding carboxylic acids is 1. The first-order chi connectivity index (χ1) is 8.52. The van der Waals surface area contributed by atoms with E-state index in [1.807, 2.05) is 38.1 Å². The third-order valence-electron chi connectivity index (χ3n) is 2.57. The van der Waals surface area contributed by atoms with Gasteiger partial charge in [-0.2, -0.15) is 0 Å². The maximum absolute atomic E-state index is 11.7. The maximum Gasteiger partial charge on any atom is 0.319 e. The van der Waals surface area contributed by atoms with Gasteiger partial charge in [0.15, 0.2) is 0 Å². The van der Waals surface area contributed by atoms with Crippen molar-refractivity contribution in [1.29, 1.82) is 5.41 Å². The number of amidine groups is 1. The second kappa shape index (κ2) is 6.64. The summed E-state index contributed by atoms with van der Waals surface area (Å²) in [6.45, 7) is 3.96. The lowest BCUT2D eigenvalue weighted by Crippen LogP contribution is -2.45. The average molecular weight is 248 g/mol. The van der Waals surface area contributed by atoms with E-state index in [2.05, 4.69) is 10.6 Å². The van der Waals surface area contributed by atoms with Gasteiger partial charge >= 0.3 is 6.03 Å². The first kappa shape index (κ1) is 14.0. The molecular weight excluding hydrogens is 228 g/mol. The average Bonchev–Trinajstić information content (AvgIpc) is 2.31. The van der Waals surface area contributed by atoms with Crippen LogP contribution in [-0.4, -0.2) is 17.9 Å². The second-order valence-corrected chi connectivity index (χ2v) is 4.26. The highest BCUT2D eigenvalue weighted by molar-refractivity contribution is 5.93. The van der Waals surface area contributed by atoms with Crippen LogP contribution < -0.4 is 16.4 Å². The summed E-state index contributed by atoms with van der Waals surface area (Å²) in [5, 5.41) is 12.8. The molecule has 5 heteroatoms. The molecule has 0 fully saturated rings. The summed E-state index contributed by atoms with van der Waals surface area (Å²) in [5.74, 6) is -0.0177. The molecule has 0 aliphatic carbocycles. The number of nitrogens with one attached hydrogen (secondary N) is 3. The molecule has 1 rings (SSSR count). The number of anilines is 1. The Morgan fingerprint density at radius 2 is 2.00 bits per heavy atom. The summed E-state index contributed by atoms with van der Waals surface area (Å²) < 4.78 is 0. The van der Waals surface area contributed by atoms with Gasteiger partial charge < -0.3 is 16.4 Å². The van der Waals surface area contributed by atoms with E-state index in [9.17, 15) is 4.79 Å². The van der Waals surface area contributed by atoms with Gasteiger partial charge in [-0.15, -0.1) is 0 Å². The molecule has 0 spiro atoms. The molecule has 1 unspecified atom stereocenters. The molecular formula is C13H20N4O. The highest BCUT2D eigenvalue weighted by Crippen LogP contribution is 2.08. The van der Waals surface area contributed by atoms with Crippen LogP contribution in [-0.2, 0) is 0 Å². The fourth-order valence-corrected chi connectivity index (χ4v) is 1.56. The lowest BCUT2D eigenvalue weighted by molar-refractivity contribution is 0.250. The number of amides is 2. The van der Waals surface area contributed by atoms with Crippen molar-refractivity contribution in [2.24, 2.45) is 5.73 Å². The van der Waals surface area contributed by atoms with Crippen molar-refractivity contribution in [3.05, 3.63) is 29.8 Å². The zero-order valence-electron chi connectivity index (χ0n) is 10.8. The van der Waals surface area contributed by atoms with Crippen molar-refractivity contribution in [3.8, 4) is 0 Å². The van der Waals surface area contributed by atoms with Gasteiger partial charge in [0.05, 0.1) is 6.04 Å². The number of carbonyl (C=O) groups is 1. The quantitative estimate of drug-likeness (QED) is 0.475. The van der Waals surface area contributed by atoms with E-state index in [0.29, 0.717) is 6.42 Å². The molecule has 0 saturated carbocycles. The Hall–Kier alpha value is -2.04. The fraction of sp³-hybridized carbons (Fsp3) is 0.385. The van der Waals surface area contributed by atoms with Crippen molar-refractivity contribution >= 4 is 17.6 Å². The van der Waals surface area contributed by atoms with Gasteiger partial charge in [0.2, 0.25) is 0 Å². The molecule has 1 aromatic rings. The van der Waals surface area contributed by atoms with Crippen LogP contribution in [0.1, 0.15) is 25.3 Å². The summed E-state index contributed by atoms with van der Waals surface area (Å²) in [5.41, 5.74) is 7.28. The molecule has 0 aromatic heterocycles. The van der Waals surface area contributed by atoms with Crippen molar-refractivity contribution < 1.29 is 4.79 Å². The molecule has 0 aliphatic heterocycles. The number of aryl methyl sites for hydroxylation is 1. The normalized spacial score (nSPS) is 11.7. The van der Waals surface area contributed by atoms with Crippen LogP contribution in [0.3, 0.4) is 0 Å². The van der Waals surface area contributed by atoms with E-state index in [-0.39, 0.29) is 11.9 Å². The van der Waals surface area contributed by atoms with Crippen LogP contribution in [0, 0.1) is 12.3 Å². The number of urea groups is 1. The van der Waals surface area contributed by atoms with Gasteiger partial charge in [0, 0.05) is 5.69 Å². The molecule has 5 nitrogen and oxygen atoms in total. The summed E-state index contributed by atoms with van der Waals surface area (Å²) >= 11 is 0. The van der Waals surface area contributed by atoms with Crippen LogP contribution in [0.4, 0.5) is 10.5 Å². The Morgan fingerprint density at radius 3 is 2.50 bits per heavy atom. The first-order valence-electron chi connectivity index (χ1n) is 6.01. The molecule has 0 saturated heterocycles. The smallest absolute Gasteiger partial charge is 0.319 e. The van der Waals surface area contributed by atoms with Crippen LogP contribution in [0.15, 0.2) is 24.3 Å². The van der Waals surface area contributed by atoms with Crippen molar-refractivity contribution in [3.63, 3.8) is 0 Å². The van der Waals surface area contributed by atoms with E-state index in [1.165, 1.54) is 0 Å². The Bertz CT molecular complexity index is 414. The van der Waals surface area contributed by atoms with Gasteiger partial charge in [0.1, 0.15) is 5.84 Å². The predicted molar refractivity (Wildman–Crippen MR) is 73.9 cm³/mol. The monoisotopic (exact) mass is 248 g/mol. The van der Waals surface area contributed by atoms with Crippen molar-refractivity contribution in [1.82, 2.24) is 5.32 Å². The topological polar surface area (TPSA) is 91.0 Å². The van der Waals surface area contributed by atoms with E-state index in [4.69, 9.17) is 11.1 Å². The lowest BCUT2D eigenvalue weighted by Gasteiger charge is -2.17. The Balaban J connectivity index is 2.54. The van der Waals surface area contributed by atoms with Gasteiger partial charge in [0.25, 0.3) is 0 Å². The molecule has 0 heterocycles. The summed E-state index contributed by atoms with van der Waals surface area (Å²) in [4.78, 5) is 11.7. The van der Waals surface area contributed by atoms with Crippen molar-refractivity contribution in [2.75, 3.05) is 5.32 Å². The second-order valence-electron chi connectivity index (χ2n) is 4.26. The molecule has 18 heavy (non-hydrogen) atoms. The number of rotatable bonds is 5. The van der Waals surface area contributed by atoms with Crippen LogP contribution >= 0.6 is 0 Å². The van der Waals surface area contributed by atoms with Gasteiger partial charge in [-0.3, -0.25) is 5.41 Å². The van der Waals surface area contributed by atoms with Crippen LogP contribution in [0.2, 0.25) is 0 Å². The van der Waals surface area contributed by atoms with Gasteiger partial charge in [-0.25, -0.2) is 4.79 Å². The number of hydrogen-bond acceptors (Lipinski definition) is 2. The zero-order valence-corrected chi connectivity index (χ0v) is 10.8. The lowest BCUT2D eigenvalue weighted by atomic mass is 10.1. The minimum atomic E-state index is -0.402. The molecule has 2 amide bonds. The van der Waals surface area contributed by atoms with E-state index in [1.54, 1.807) is 0 Å². The molecule has 5 N–H and O–H groups in total. The highest BCUT2D eigenvalue weighted by Gasteiger charge is 2.13. The van der Waals surface area contributed by atoms with E-state index in [0.717, 1.165) is 17.7 Å². The summed E-state index contributed by atoms with van der Waals surface area (Å²) in [7, 11) is 0. The number of hydrogen-bond donors (Lipinski definition) is 4. The van der Waals surface area contributed by atoms with E-state index < -0.39 is 6.04 Å². The SMILES string of the molecule is CCCC(NC(=O)Nc1ccc(C)cc1)C(=N)N. The fourth-order valence-electron chi connectivity index (χ4n) is 1.56. The minimum absolute atomic E-state index is 0.0177. The molecule has 1 atom stereocenters. The number of benzene rings is 1. The summed E-state index contributed by atoms with van der Waals surface area (Å²) in [6, 6.07) is 6.76. The van der Waals surface area contributed by atoms with Crippen molar-refractivity contribution in [2.45, 2.75) is 32.7 Å². The molecule has 98 valence electrons. The third-order valence-corrected chi connectivity index (χ3v) is 2.57. The highest BCUT2D eigenvalue weighted by atomic mass is 16.2. The van der Waals surface area contributed by atoms with Gasteiger partial charge in [-0.1, -0.05) is 31.0 Å². The first-order valence-corrected chi connectivity index (χ1v) is 6.01.